The number of fused-ring (bicyclic) bond motifs is 1. The third kappa shape index (κ3) is 8.11. The van der Waals surface area contributed by atoms with Crippen molar-refractivity contribution in [1.29, 1.82) is 0 Å². The van der Waals surface area contributed by atoms with Crippen molar-refractivity contribution in [2.45, 2.75) is 19.8 Å². The van der Waals surface area contributed by atoms with Gasteiger partial charge in [-0.3, -0.25) is 9.59 Å². The first-order chi connectivity index (χ1) is 20.6. The lowest BCUT2D eigenvalue weighted by molar-refractivity contribution is -0.146. The number of aryl methyl sites for hydroxylation is 1. The molecule has 0 bridgehead atoms. The molecule has 0 unspecified atom stereocenters. The highest BCUT2D eigenvalue weighted by atomic mass is 16.6. The third-order valence-corrected chi connectivity index (χ3v) is 6.11. The summed E-state index contributed by atoms with van der Waals surface area (Å²) < 4.78 is 20.8. The van der Waals surface area contributed by atoms with E-state index in [1.165, 1.54) is 12.1 Å². The van der Waals surface area contributed by atoms with Crippen molar-refractivity contribution >= 4 is 40.4 Å². The van der Waals surface area contributed by atoms with Crippen LogP contribution in [0.15, 0.2) is 104 Å². The second-order valence-corrected chi connectivity index (χ2v) is 9.20. The van der Waals surface area contributed by atoms with Gasteiger partial charge in [0.2, 0.25) is 5.78 Å². The van der Waals surface area contributed by atoms with Gasteiger partial charge in [-0.25, -0.2) is 14.4 Å². The van der Waals surface area contributed by atoms with Gasteiger partial charge in [-0.2, -0.15) is 0 Å². The highest BCUT2D eigenvalue weighted by Gasteiger charge is 2.14. The van der Waals surface area contributed by atoms with Crippen molar-refractivity contribution in [3.8, 4) is 34.1 Å². The van der Waals surface area contributed by atoms with Crippen LogP contribution in [0.2, 0.25) is 0 Å². The van der Waals surface area contributed by atoms with Crippen LogP contribution in [0.25, 0.3) is 21.9 Å². The Balaban J connectivity index is 1.40. The van der Waals surface area contributed by atoms with Crippen LogP contribution >= 0.6 is 0 Å². The van der Waals surface area contributed by atoms with Crippen LogP contribution in [-0.4, -0.2) is 29.7 Å². The van der Waals surface area contributed by atoms with Gasteiger partial charge in [0.1, 0.15) is 11.5 Å². The molecular weight excluding hydrogens is 552 g/mol. The SMILES string of the molecule is C=CC(=O)Oc1ccc(CCC(=O)Oc2ccc3cc(-c4ccc(OC(=O)C(C)=O)cc4)ccc3c2)cc1OC(=O)C=C. The van der Waals surface area contributed by atoms with Crippen molar-refractivity contribution in [2.75, 3.05) is 0 Å². The molecule has 9 heteroatoms. The van der Waals surface area contributed by atoms with E-state index in [0.29, 0.717) is 11.3 Å². The molecule has 43 heavy (non-hydrogen) atoms. The second-order valence-electron chi connectivity index (χ2n) is 9.20. The second kappa shape index (κ2) is 13.7. The quantitative estimate of drug-likeness (QED) is 0.0951. The first kappa shape index (κ1) is 30.1. The number of hydrogen-bond donors (Lipinski definition) is 0. The third-order valence-electron chi connectivity index (χ3n) is 6.11. The molecule has 0 radical (unpaired) electrons. The number of ether oxygens (including phenoxy) is 4. The zero-order valence-corrected chi connectivity index (χ0v) is 23.2. The molecule has 0 aliphatic rings. The van der Waals surface area contributed by atoms with Gasteiger partial charge in [-0.1, -0.05) is 49.6 Å². The molecule has 0 heterocycles. The Morgan fingerprint density at radius 3 is 1.91 bits per heavy atom. The molecule has 0 aromatic heterocycles. The lowest BCUT2D eigenvalue weighted by atomic mass is 10.0. The van der Waals surface area contributed by atoms with Crippen LogP contribution in [0.3, 0.4) is 0 Å². The van der Waals surface area contributed by atoms with Gasteiger partial charge in [0.05, 0.1) is 0 Å². The zero-order valence-electron chi connectivity index (χ0n) is 23.2. The Morgan fingerprint density at radius 2 is 1.23 bits per heavy atom. The largest absolute Gasteiger partial charge is 0.426 e. The van der Waals surface area contributed by atoms with Crippen LogP contribution in [-0.2, 0) is 30.4 Å². The summed E-state index contributed by atoms with van der Waals surface area (Å²) >= 11 is 0. The topological polar surface area (TPSA) is 122 Å². The Bertz CT molecular complexity index is 1750. The molecule has 0 saturated heterocycles. The summed E-state index contributed by atoms with van der Waals surface area (Å²) in [5, 5.41) is 1.78. The number of rotatable bonds is 11. The molecule has 0 fully saturated rings. The van der Waals surface area contributed by atoms with E-state index in [2.05, 4.69) is 13.2 Å². The summed E-state index contributed by atoms with van der Waals surface area (Å²) in [6.07, 6.45) is 2.27. The number of esters is 4. The average Bonchev–Trinajstić information content (AvgIpc) is 3.01. The number of carbonyl (C=O) groups excluding carboxylic acids is 5. The van der Waals surface area contributed by atoms with Crippen molar-refractivity contribution in [2.24, 2.45) is 0 Å². The molecule has 0 aliphatic heterocycles. The van der Waals surface area contributed by atoms with Gasteiger partial charge in [-0.15, -0.1) is 0 Å². The molecule has 0 amide bonds. The molecule has 9 nitrogen and oxygen atoms in total. The monoisotopic (exact) mass is 578 g/mol. The fourth-order valence-corrected chi connectivity index (χ4v) is 3.96. The number of ketones is 1. The van der Waals surface area contributed by atoms with Gasteiger partial charge < -0.3 is 18.9 Å². The van der Waals surface area contributed by atoms with Crippen molar-refractivity contribution in [3.05, 3.63) is 110 Å². The lowest BCUT2D eigenvalue weighted by Gasteiger charge is -2.11. The molecule has 0 saturated carbocycles. The maximum absolute atomic E-state index is 12.6. The normalized spacial score (nSPS) is 10.3. The summed E-state index contributed by atoms with van der Waals surface area (Å²) in [5.41, 5.74) is 2.46. The minimum atomic E-state index is -0.918. The molecule has 0 atom stereocenters. The first-order valence-corrected chi connectivity index (χ1v) is 13.0. The Morgan fingerprint density at radius 1 is 0.628 bits per heavy atom. The predicted molar refractivity (Wildman–Crippen MR) is 158 cm³/mol. The average molecular weight is 579 g/mol. The number of Topliss-reactive ketones (excluding diaryl/α,β-unsaturated/α-hetero) is 1. The number of benzene rings is 4. The highest BCUT2D eigenvalue weighted by molar-refractivity contribution is 6.33. The van der Waals surface area contributed by atoms with Crippen LogP contribution in [0.4, 0.5) is 0 Å². The van der Waals surface area contributed by atoms with Crippen molar-refractivity contribution in [1.82, 2.24) is 0 Å². The summed E-state index contributed by atoms with van der Waals surface area (Å²) in [5.74, 6) is -2.82. The first-order valence-electron chi connectivity index (χ1n) is 13.0. The Kier molecular flexibility index (Phi) is 9.59. The highest BCUT2D eigenvalue weighted by Crippen LogP contribution is 2.31. The van der Waals surface area contributed by atoms with Crippen molar-refractivity contribution < 1.29 is 42.9 Å². The molecule has 4 rings (SSSR count). The van der Waals surface area contributed by atoms with Crippen LogP contribution in [0.5, 0.6) is 23.0 Å². The predicted octanol–water partition coefficient (Wildman–Crippen LogP) is 5.72. The molecule has 0 spiro atoms. The molecule has 0 aliphatic carbocycles. The van der Waals surface area contributed by atoms with Gasteiger partial charge in [0, 0.05) is 25.5 Å². The fourth-order valence-electron chi connectivity index (χ4n) is 3.96. The van der Waals surface area contributed by atoms with Crippen LogP contribution in [0, 0.1) is 0 Å². The summed E-state index contributed by atoms with van der Waals surface area (Å²) in [6.45, 7) is 7.84. The molecular formula is C34H26O9. The van der Waals surface area contributed by atoms with E-state index in [1.54, 1.807) is 42.5 Å². The summed E-state index contributed by atoms with van der Waals surface area (Å²) in [4.78, 5) is 58.5. The zero-order chi connectivity index (χ0) is 30.9. The fraction of sp³-hybridized carbons (Fsp3) is 0.0882. The summed E-state index contributed by atoms with van der Waals surface area (Å²) in [6, 6.07) is 22.5. The van der Waals surface area contributed by atoms with E-state index in [1.807, 2.05) is 24.3 Å². The standard InChI is InChI=1S/C34H26O9/c1-4-31(36)42-29-16-6-22(18-30(29)43-32(37)5-2)7-17-33(38)40-28-15-12-25-19-24(8-9-26(25)20-28)23-10-13-27(14-11-23)41-34(39)21(3)35/h4-6,8-16,18-20H,1-2,7,17H2,3H3. The van der Waals surface area contributed by atoms with Gasteiger partial charge in [0.25, 0.3) is 0 Å². The van der Waals surface area contributed by atoms with Gasteiger partial charge in [-0.05, 0) is 76.3 Å². The summed E-state index contributed by atoms with van der Waals surface area (Å²) in [7, 11) is 0. The van der Waals surface area contributed by atoms with E-state index in [-0.39, 0.29) is 30.1 Å². The van der Waals surface area contributed by atoms with Crippen LogP contribution < -0.4 is 18.9 Å². The molecule has 216 valence electrons. The van der Waals surface area contributed by atoms with E-state index in [4.69, 9.17) is 18.9 Å². The Labute approximate surface area is 246 Å². The Hall–Kier alpha value is -5.83. The number of hydrogen-bond acceptors (Lipinski definition) is 9. The minimum Gasteiger partial charge on any atom is -0.426 e. The molecule has 4 aromatic rings. The maximum atomic E-state index is 12.6. The van der Waals surface area contributed by atoms with E-state index in [0.717, 1.165) is 41.0 Å². The van der Waals surface area contributed by atoms with E-state index < -0.39 is 29.7 Å². The van der Waals surface area contributed by atoms with E-state index in [9.17, 15) is 24.0 Å². The lowest BCUT2D eigenvalue weighted by Crippen LogP contribution is -2.16. The van der Waals surface area contributed by atoms with Crippen LogP contribution in [0.1, 0.15) is 18.9 Å². The maximum Gasteiger partial charge on any atom is 0.379 e. The van der Waals surface area contributed by atoms with Crippen molar-refractivity contribution in [3.63, 3.8) is 0 Å². The smallest absolute Gasteiger partial charge is 0.379 e. The van der Waals surface area contributed by atoms with Gasteiger partial charge in [0.15, 0.2) is 11.5 Å². The molecule has 0 N–H and O–H groups in total. The van der Waals surface area contributed by atoms with E-state index >= 15 is 0 Å². The molecule has 4 aromatic carbocycles. The van der Waals surface area contributed by atoms with Gasteiger partial charge >= 0.3 is 23.9 Å². The minimum absolute atomic E-state index is 0.00669. The number of carbonyl (C=O) groups is 5.